The first kappa shape index (κ1) is 31.8. The molecule has 35 heavy (non-hydrogen) atoms. The molecule has 7 nitrogen and oxygen atoms in total. The van der Waals surface area contributed by atoms with Crippen LogP contribution in [0.4, 0.5) is 5.69 Å². The van der Waals surface area contributed by atoms with E-state index in [0.29, 0.717) is 39.6 Å². The number of methoxy groups -OCH3 is 3. The Hall–Kier alpha value is -1.22. The number of benzene rings is 1. The summed E-state index contributed by atoms with van der Waals surface area (Å²) in [5.74, 6) is -1.07. The summed E-state index contributed by atoms with van der Waals surface area (Å²) in [5.41, 5.74) is 1.13. The van der Waals surface area contributed by atoms with E-state index in [2.05, 4.69) is 24.4 Å². The molecule has 1 aromatic carbocycles. The van der Waals surface area contributed by atoms with E-state index in [1.165, 1.54) is 32.1 Å². The van der Waals surface area contributed by atoms with Gasteiger partial charge in [0.25, 0.3) is 5.97 Å². The van der Waals surface area contributed by atoms with Crippen molar-refractivity contribution in [1.82, 2.24) is 0 Å². The van der Waals surface area contributed by atoms with Crippen LogP contribution in [0.25, 0.3) is 0 Å². The zero-order valence-corrected chi connectivity index (χ0v) is 22.7. The zero-order valence-electron chi connectivity index (χ0n) is 22.7. The van der Waals surface area contributed by atoms with Crippen molar-refractivity contribution in [3.05, 3.63) is 30.3 Å². The number of ether oxygens (including phenoxy) is 6. The van der Waals surface area contributed by atoms with Crippen molar-refractivity contribution in [3.63, 3.8) is 0 Å². The van der Waals surface area contributed by atoms with Gasteiger partial charge < -0.3 is 33.7 Å². The minimum absolute atomic E-state index is 0.0804. The molecule has 0 aliphatic carbocycles. The lowest BCUT2D eigenvalue weighted by molar-refractivity contribution is -0.410. The average Bonchev–Trinajstić information content (AvgIpc) is 2.88. The molecule has 1 atom stereocenters. The highest BCUT2D eigenvalue weighted by Gasteiger charge is 2.42. The van der Waals surface area contributed by atoms with Crippen molar-refractivity contribution in [2.45, 2.75) is 70.7 Å². The van der Waals surface area contributed by atoms with Gasteiger partial charge in [0.2, 0.25) is 0 Å². The fourth-order valence-corrected chi connectivity index (χ4v) is 4.09. The van der Waals surface area contributed by atoms with Gasteiger partial charge in [0.05, 0.1) is 39.6 Å². The van der Waals surface area contributed by atoms with Gasteiger partial charge in [0, 0.05) is 39.5 Å². The topological polar surface area (TPSA) is 67.4 Å². The van der Waals surface area contributed by atoms with Crippen LogP contribution in [-0.2, 0) is 28.4 Å². The highest BCUT2D eigenvalue weighted by molar-refractivity contribution is 5.42. The van der Waals surface area contributed by atoms with Gasteiger partial charge in [-0.15, -0.1) is 0 Å². The highest BCUT2D eigenvalue weighted by atomic mass is 16.9. The summed E-state index contributed by atoms with van der Waals surface area (Å²) in [7, 11) is 5.02. The smallest absolute Gasteiger partial charge is 0.286 e. The fraction of sp³-hybridized carbons (Fsp3) is 0.786. The Bertz CT molecular complexity index is 547. The Labute approximate surface area is 214 Å². The minimum atomic E-state index is -1.15. The molecule has 0 spiro atoms. The molecule has 0 aromatic heterocycles. The standard InChI is InChI=1S/C28H51NO6/c1-5-6-7-8-9-11-15-26(16-14-19-29-27-17-12-10-13-18-27)28(33-23-20-30-2,34-24-21-31-3)35-25-22-32-4/h10,12-13,17-18,26,29H,5-9,11,14-16,19-25H2,1-4H3. The number of nitrogens with one attached hydrogen (secondary N) is 1. The van der Waals surface area contributed by atoms with Crippen LogP contribution >= 0.6 is 0 Å². The van der Waals surface area contributed by atoms with Crippen LogP contribution in [0.1, 0.15) is 64.7 Å². The lowest BCUT2D eigenvalue weighted by Gasteiger charge is -2.40. The molecular weight excluding hydrogens is 446 g/mol. The number of para-hydroxylation sites is 1. The molecule has 0 radical (unpaired) electrons. The van der Waals surface area contributed by atoms with Gasteiger partial charge >= 0.3 is 0 Å². The van der Waals surface area contributed by atoms with E-state index < -0.39 is 5.97 Å². The molecule has 0 fully saturated rings. The van der Waals surface area contributed by atoms with Crippen LogP contribution in [0.5, 0.6) is 0 Å². The minimum Gasteiger partial charge on any atom is -0.385 e. The molecule has 7 heteroatoms. The summed E-state index contributed by atoms with van der Waals surface area (Å²) in [6.45, 7) is 5.73. The van der Waals surface area contributed by atoms with Gasteiger partial charge in [-0.05, 0) is 31.4 Å². The van der Waals surface area contributed by atoms with Gasteiger partial charge in [0.1, 0.15) is 0 Å². The maximum atomic E-state index is 6.34. The quantitative estimate of drug-likeness (QED) is 0.133. The van der Waals surface area contributed by atoms with E-state index in [-0.39, 0.29) is 5.92 Å². The van der Waals surface area contributed by atoms with Crippen LogP contribution in [0.15, 0.2) is 30.3 Å². The SMILES string of the molecule is CCCCCCCCC(CCCNc1ccccc1)C(OCCOC)(OCCOC)OCCOC. The summed E-state index contributed by atoms with van der Waals surface area (Å²) in [5, 5.41) is 3.52. The Morgan fingerprint density at radius 1 is 0.657 bits per heavy atom. The molecule has 0 amide bonds. The Balaban J connectivity index is 2.90. The summed E-state index contributed by atoms with van der Waals surface area (Å²) < 4.78 is 34.8. The molecule has 0 saturated heterocycles. The lowest BCUT2D eigenvalue weighted by Crippen LogP contribution is -2.48. The second-order valence-corrected chi connectivity index (χ2v) is 8.82. The van der Waals surface area contributed by atoms with Crippen LogP contribution < -0.4 is 5.32 Å². The summed E-state index contributed by atoms with van der Waals surface area (Å²) in [6, 6.07) is 10.3. The highest BCUT2D eigenvalue weighted by Crippen LogP contribution is 2.34. The van der Waals surface area contributed by atoms with E-state index in [1.54, 1.807) is 21.3 Å². The van der Waals surface area contributed by atoms with E-state index in [1.807, 2.05) is 18.2 Å². The third kappa shape index (κ3) is 14.8. The van der Waals surface area contributed by atoms with E-state index in [4.69, 9.17) is 28.4 Å². The van der Waals surface area contributed by atoms with Gasteiger partial charge in [-0.2, -0.15) is 0 Å². The Morgan fingerprint density at radius 3 is 1.71 bits per heavy atom. The van der Waals surface area contributed by atoms with Gasteiger partial charge in [-0.1, -0.05) is 63.6 Å². The summed E-state index contributed by atoms with van der Waals surface area (Å²) in [4.78, 5) is 0. The van der Waals surface area contributed by atoms with E-state index >= 15 is 0 Å². The fourth-order valence-electron chi connectivity index (χ4n) is 4.09. The molecule has 0 aliphatic rings. The molecule has 1 unspecified atom stereocenters. The zero-order chi connectivity index (χ0) is 25.5. The maximum absolute atomic E-state index is 6.34. The summed E-state index contributed by atoms with van der Waals surface area (Å²) >= 11 is 0. The number of hydrogen-bond donors (Lipinski definition) is 1. The first-order chi connectivity index (χ1) is 17.2. The van der Waals surface area contributed by atoms with Crippen molar-refractivity contribution in [2.24, 2.45) is 5.92 Å². The third-order valence-electron chi connectivity index (χ3n) is 6.01. The first-order valence-corrected chi connectivity index (χ1v) is 13.4. The van der Waals surface area contributed by atoms with Crippen LogP contribution in [0.2, 0.25) is 0 Å². The van der Waals surface area contributed by atoms with Gasteiger partial charge in [0.15, 0.2) is 0 Å². The van der Waals surface area contributed by atoms with Crippen molar-refractivity contribution < 1.29 is 28.4 Å². The van der Waals surface area contributed by atoms with Crippen LogP contribution in [0.3, 0.4) is 0 Å². The largest absolute Gasteiger partial charge is 0.385 e. The predicted molar refractivity (Wildman–Crippen MR) is 142 cm³/mol. The lowest BCUT2D eigenvalue weighted by atomic mass is 9.92. The Morgan fingerprint density at radius 2 is 1.17 bits per heavy atom. The predicted octanol–water partition coefficient (Wildman–Crippen LogP) is 5.89. The molecule has 204 valence electrons. The van der Waals surface area contributed by atoms with E-state index in [9.17, 15) is 0 Å². The molecule has 1 N–H and O–H groups in total. The van der Waals surface area contributed by atoms with Gasteiger partial charge in [-0.25, -0.2) is 0 Å². The molecule has 0 aliphatic heterocycles. The molecule has 1 aromatic rings. The normalized spacial score (nSPS) is 12.7. The number of rotatable bonds is 25. The van der Waals surface area contributed by atoms with Crippen molar-refractivity contribution in [2.75, 3.05) is 72.8 Å². The molecule has 0 saturated carbocycles. The number of anilines is 1. The maximum Gasteiger partial charge on any atom is 0.286 e. The van der Waals surface area contributed by atoms with Crippen molar-refractivity contribution in [3.8, 4) is 0 Å². The molecular formula is C28H51NO6. The second kappa shape index (κ2) is 22.0. The van der Waals surface area contributed by atoms with Crippen molar-refractivity contribution in [1.29, 1.82) is 0 Å². The summed E-state index contributed by atoms with van der Waals surface area (Å²) in [6.07, 6.45) is 10.3. The van der Waals surface area contributed by atoms with Crippen LogP contribution in [0, 0.1) is 5.92 Å². The third-order valence-corrected chi connectivity index (χ3v) is 6.01. The molecule has 1 rings (SSSR count). The number of unbranched alkanes of at least 4 members (excludes halogenated alkanes) is 5. The average molecular weight is 498 g/mol. The van der Waals surface area contributed by atoms with Crippen LogP contribution in [-0.4, -0.2) is 73.5 Å². The first-order valence-electron chi connectivity index (χ1n) is 13.4. The van der Waals surface area contributed by atoms with Gasteiger partial charge in [-0.3, -0.25) is 0 Å². The van der Waals surface area contributed by atoms with E-state index in [0.717, 1.165) is 37.9 Å². The second-order valence-electron chi connectivity index (χ2n) is 8.82. The Kier molecular flexibility index (Phi) is 20.0. The monoisotopic (exact) mass is 497 g/mol. The number of hydrogen-bond acceptors (Lipinski definition) is 7. The molecule has 0 heterocycles. The molecule has 0 bridgehead atoms. The van der Waals surface area contributed by atoms with Crippen molar-refractivity contribution >= 4 is 5.69 Å².